The first-order valence-electron chi connectivity index (χ1n) is 6.99. The molecule has 0 aliphatic heterocycles. The van der Waals surface area contributed by atoms with Crippen LogP contribution in [0.4, 0.5) is 0 Å². The number of hydrogen-bond acceptors (Lipinski definition) is 3. The van der Waals surface area contributed by atoms with Crippen molar-refractivity contribution in [2.24, 2.45) is 0 Å². The van der Waals surface area contributed by atoms with Gasteiger partial charge in [0.05, 0.1) is 12.2 Å². The number of ketones is 1. The van der Waals surface area contributed by atoms with Gasteiger partial charge in [0.25, 0.3) is 0 Å². The molecule has 1 aromatic rings. The molecule has 0 radical (unpaired) electrons. The number of aliphatic hydroxyl groups is 1. The minimum atomic E-state index is -0.633. The Balaban J connectivity index is 2.90. The van der Waals surface area contributed by atoms with Crippen molar-refractivity contribution in [2.45, 2.75) is 59.1 Å². The first-order chi connectivity index (χ1) is 9.27. The lowest BCUT2D eigenvalue weighted by atomic mass is 9.97. The van der Waals surface area contributed by atoms with Gasteiger partial charge in [0.15, 0.2) is 5.78 Å². The van der Waals surface area contributed by atoms with Gasteiger partial charge in [-0.1, -0.05) is 33.9 Å². The van der Waals surface area contributed by atoms with Crippen LogP contribution >= 0.6 is 9.24 Å². The predicted octanol–water partition coefficient (Wildman–Crippen LogP) is 3.17. The number of ether oxygens (including phenoxy) is 1. The monoisotopic (exact) mass is 296 g/mol. The summed E-state index contributed by atoms with van der Waals surface area (Å²) in [6, 6.07) is 4.00. The number of aryl methyl sites for hydroxylation is 3. The number of rotatable bonds is 6. The molecular formula is C16H25O3P. The molecule has 0 aliphatic rings. The van der Waals surface area contributed by atoms with Crippen molar-refractivity contribution in [3.05, 3.63) is 34.4 Å². The smallest absolute Gasteiger partial charge is 0.195 e. The van der Waals surface area contributed by atoms with Crippen LogP contribution in [0.25, 0.3) is 0 Å². The van der Waals surface area contributed by atoms with Crippen LogP contribution in [0.5, 0.6) is 0 Å². The Kier molecular flexibility index (Phi) is 6.32. The van der Waals surface area contributed by atoms with Crippen LogP contribution < -0.4 is 0 Å². The van der Waals surface area contributed by atoms with Crippen molar-refractivity contribution in [3.8, 4) is 0 Å². The second kappa shape index (κ2) is 7.31. The van der Waals surface area contributed by atoms with E-state index in [-0.39, 0.29) is 11.9 Å². The van der Waals surface area contributed by atoms with Crippen molar-refractivity contribution >= 4 is 15.0 Å². The number of hydrogen-bond donors (Lipinski definition) is 1. The highest BCUT2D eigenvalue weighted by atomic mass is 31.0. The van der Waals surface area contributed by atoms with Gasteiger partial charge in [0.2, 0.25) is 0 Å². The van der Waals surface area contributed by atoms with E-state index in [1.807, 2.05) is 39.8 Å². The Labute approximate surface area is 123 Å². The van der Waals surface area contributed by atoms with Crippen LogP contribution in [0.2, 0.25) is 0 Å². The first-order valence-corrected chi connectivity index (χ1v) is 7.65. The highest BCUT2D eigenvalue weighted by molar-refractivity contribution is 7.19. The van der Waals surface area contributed by atoms with Gasteiger partial charge in [0, 0.05) is 5.56 Å². The maximum Gasteiger partial charge on any atom is 0.195 e. The first kappa shape index (κ1) is 17.3. The molecule has 1 N–H and O–H groups in total. The van der Waals surface area contributed by atoms with Crippen LogP contribution in [0.15, 0.2) is 12.1 Å². The van der Waals surface area contributed by atoms with Gasteiger partial charge < -0.3 is 9.84 Å². The maximum atomic E-state index is 12.5. The van der Waals surface area contributed by atoms with Gasteiger partial charge in [-0.25, -0.2) is 0 Å². The fourth-order valence-corrected chi connectivity index (χ4v) is 2.84. The molecule has 0 bridgehead atoms. The van der Waals surface area contributed by atoms with Crippen LogP contribution in [0.1, 0.15) is 47.3 Å². The number of aliphatic hydroxyl groups excluding tert-OH is 1. The predicted molar refractivity (Wildman–Crippen MR) is 85.3 cm³/mol. The Morgan fingerprint density at radius 1 is 1.30 bits per heavy atom. The Morgan fingerprint density at radius 3 is 2.25 bits per heavy atom. The zero-order valence-corrected chi connectivity index (χ0v) is 14.1. The van der Waals surface area contributed by atoms with Crippen LogP contribution in [-0.2, 0) is 4.74 Å². The molecular weight excluding hydrogens is 271 g/mol. The molecule has 0 saturated carbocycles. The van der Waals surface area contributed by atoms with Crippen molar-refractivity contribution in [1.82, 2.24) is 0 Å². The molecule has 0 spiro atoms. The third-order valence-electron chi connectivity index (χ3n) is 3.50. The molecule has 0 amide bonds. The summed E-state index contributed by atoms with van der Waals surface area (Å²) in [5.41, 5.74) is 3.79. The highest BCUT2D eigenvalue weighted by Gasteiger charge is 2.24. The maximum absolute atomic E-state index is 12.5. The molecule has 2 unspecified atom stereocenters. The summed E-state index contributed by atoms with van der Waals surface area (Å²) in [7, 11) is 2.43. The van der Waals surface area contributed by atoms with E-state index in [9.17, 15) is 9.90 Å². The minimum absolute atomic E-state index is 0.0554. The average molecular weight is 296 g/mol. The van der Waals surface area contributed by atoms with E-state index in [0.717, 1.165) is 16.7 Å². The number of benzene rings is 1. The van der Waals surface area contributed by atoms with Crippen molar-refractivity contribution in [2.75, 3.05) is 0 Å². The SMILES string of the molecule is CC[C@H](O)[C@H](C)OC(P)C(=O)c1c(C)cc(C)cc1C. The summed E-state index contributed by atoms with van der Waals surface area (Å²) in [5.74, 6) is -0.688. The summed E-state index contributed by atoms with van der Waals surface area (Å²) >= 11 is 0. The fourth-order valence-electron chi connectivity index (χ4n) is 2.43. The lowest BCUT2D eigenvalue weighted by Gasteiger charge is -2.23. The quantitative estimate of drug-likeness (QED) is 0.648. The van der Waals surface area contributed by atoms with E-state index in [1.54, 1.807) is 6.92 Å². The molecule has 0 aliphatic carbocycles. The lowest BCUT2D eigenvalue weighted by Crippen LogP contribution is -2.31. The number of carbonyl (C=O) groups is 1. The molecule has 3 nitrogen and oxygen atoms in total. The van der Waals surface area contributed by atoms with Crippen LogP contribution in [0.3, 0.4) is 0 Å². The molecule has 0 heterocycles. The average Bonchev–Trinajstić information content (AvgIpc) is 2.36. The second-order valence-corrected chi connectivity index (χ2v) is 5.98. The van der Waals surface area contributed by atoms with E-state index in [0.29, 0.717) is 12.0 Å². The zero-order valence-electron chi connectivity index (χ0n) is 12.9. The van der Waals surface area contributed by atoms with Gasteiger partial charge in [-0.2, -0.15) is 0 Å². The van der Waals surface area contributed by atoms with E-state index >= 15 is 0 Å². The van der Waals surface area contributed by atoms with Crippen molar-refractivity contribution < 1.29 is 14.6 Å². The fraction of sp³-hybridized carbons (Fsp3) is 0.562. The molecule has 1 aromatic carbocycles. The Morgan fingerprint density at radius 2 is 1.80 bits per heavy atom. The summed E-state index contributed by atoms with van der Waals surface area (Å²) in [4.78, 5) is 12.5. The number of Topliss-reactive ketones (excluding diaryl/α,β-unsaturated/α-hetero) is 1. The minimum Gasteiger partial charge on any atom is -0.390 e. The molecule has 4 atom stereocenters. The van der Waals surface area contributed by atoms with E-state index < -0.39 is 11.9 Å². The molecule has 0 fully saturated rings. The van der Waals surface area contributed by atoms with Crippen LogP contribution in [0, 0.1) is 20.8 Å². The molecule has 20 heavy (non-hydrogen) atoms. The van der Waals surface area contributed by atoms with Gasteiger partial charge in [-0.15, -0.1) is 0 Å². The third kappa shape index (κ3) is 4.12. The van der Waals surface area contributed by atoms with E-state index in [2.05, 4.69) is 9.24 Å². The Bertz CT molecular complexity index is 462. The normalized spacial score (nSPS) is 15.8. The molecule has 0 aromatic heterocycles. The molecule has 112 valence electrons. The van der Waals surface area contributed by atoms with Crippen molar-refractivity contribution in [3.63, 3.8) is 0 Å². The van der Waals surface area contributed by atoms with Gasteiger partial charge in [0.1, 0.15) is 5.85 Å². The van der Waals surface area contributed by atoms with Crippen molar-refractivity contribution in [1.29, 1.82) is 0 Å². The topological polar surface area (TPSA) is 46.5 Å². The van der Waals surface area contributed by atoms with E-state index in [1.165, 1.54) is 0 Å². The zero-order chi connectivity index (χ0) is 15.4. The Hall–Kier alpha value is -0.760. The standard InChI is InChI=1S/C16H25O3P/c1-6-13(17)12(5)19-16(20)15(18)14-10(3)7-9(2)8-11(14)4/h7-8,12-13,16-17H,6,20H2,1-5H3/t12-,13-,16?/m0/s1. The molecule has 0 saturated heterocycles. The van der Waals surface area contributed by atoms with Gasteiger partial charge in [-0.3, -0.25) is 4.79 Å². The second-order valence-electron chi connectivity index (χ2n) is 5.38. The summed E-state index contributed by atoms with van der Waals surface area (Å²) < 4.78 is 5.62. The third-order valence-corrected chi connectivity index (χ3v) is 3.96. The van der Waals surface area contributed by atoms with Gasteiger partial charge >= 0.3 is 0 Å². The van der Waals surface area contributed by atoms with Crippen LogP contribution in [-0.4, -0.2) is 28.9 Å². The summed E-state index contributed by atoms with van der Waals surface area (Å²) in [6.45, 7) is 9.57. The summed E-state index contributed by atoms with van der Waals surface area (Å²) in [6.07, 6.45) is -0.307. The van der Waals surface area contributed by atoms with E-state index in [4.69, 9.17) is 4.74 Å². The van der Waals surface area contributed by atoms with Gasteiger partial charge in [-0.05, 0) is 45.2 Å². The largest absolute Gasteiger partial charge is 0.390 e. The highest BCUT2D eigenvalue weighted by Crippen LogP contribution is 2.22. The summed E-state index contributed by atoms with van der Waals surface area (Å²) in [5, 5.41) is 9.73. The molecule has 1 rings (SSSR count). The lowest BCUT2D eigenvalue weighted by molar-refractivity contribution is -0.0318. The number of carbonyl (C=O) groups excluding carboxylic acids is 1. The molecule has 4 heteroatoms.